The molecule has 1 atom stereocenters. The average molecular weight is 374 g/mol. The molecule has 1 amide bonds. The molecule has 24 heavy (non-hydrogen) atoms. The molecule has 0 saturated heterocycles. The largest absolute Gasteiger partial charge is 0.449 e. The van der Waals surface area contributed by atoms with Crippen LogP contribution in [-0.4, -0.2) is 18.0 Å². The molecular weight excluding hydrogens is 363 g/mol. The topological polar surface area (TPSA) is 55.4 Å². The fourth-order valence-electron chi connectivity index (χ4n) is 1.76. The van der Waals surface area contributed by atoms with Crippen LogP contribution in [0.2, 0.25) is 10.0 Å². The molecule has 0 radical (unpaired) electrons. The van der Waals surface area contributed by atoms with Crippen molar-refractivity contribution >= 4 is 40.8 Å². The van der Waals surface area contributed by atoms with Crippen LogP contribution in [0, 0.1) is 11.6 Å². The van der Waals surface area contributed by atoms with Crippen LogP contribution in [0.15, 0.2) is 36.4 Å². The van der Waals surface area contributed by atoms with E-state index in [1.807, 2.05) is 0 Å². The average Bonchev–Trinajstić information content (AvgIpc) is 2.52. The molecule has 0 fully saturated rings. The van der Waals surface area contributed by atoms with E-state index in [1.54, 1.807) is 0 Å². The molecule has 0 unspecified atom stereocenters. The van der Waals surface area contributed by atoms with E-state index >= 15 is 0 Å². The van der Waals surface area contributed by atoms with Gasteiger partial charge in [0.1, 0.15) is 11.6 Å². The minimum absolute atomic E-state index is 0.124. The molecule has 0 aliphatic carbocycles. The monoisotopic (exact) mass is 373 g/mol. The molecule has 2 aromatic rings. The van der Waals surface area contributed by atoms with Gasteiger partial charge in [0, 0.05) is 10.0 Å². The maximum Gasteiger partial charge on any atom is 0.341 e. The van der Waals surface area contributed by atoms with Gasteiger partial charge >= 0.3 is 5.97 Å². The van der Waals surface area contributed by atoms with Gasteiger partial charge in [0.05, 0.1) is 11.3 Å². The summed E-state index contributed by atoms with van der Waals surface area (Å²) in [5.41, 5.74) is -0.527. The van der Waals surface area contributed by atoms with Crippen molar-refractivity contribution in [3.8, 4) is 0 Å². The van der Waals surface area contributed by atoms with Crippen LogP contribution in [0.5, 0.6) is 0 Å². The second kappa shape index (κ2) is 7.59. The molecule has 0 bridgehead atoms. The third kappa shape index (κ3) is 4.43. The fraction of sp³-hybridized carbons (Fsp3) is 0.125. The zero-order valence-electron chi connectivity index (χ0n) is 12.3. The molecule has 8 heteroatoms. The Kier molecular flexibility index (Phi) is 5.75. The van der Waals surface area contributed by atoms with Crippen LogP contribution >= 0.6 is 23.2 Å². The Morgan fingerprint density at radius 1 is 1.04 bits per heavy atom. The zero-order chi connectivity index (χ0) is 17.9. The van der Waals surface area contributed by atoms with Crippen molar-refractivity contribution in [3.63, 3.8) is 0 Å². The van der Waals surface area contributed by atoms with Crippen LogP contribution in [0.25, 0.3) is 0 Å². The van der Waals surface area contributed by atoms with Crippen molar-refractivity contribution in [2.45, 2.75) is 13.0 Å². The van der Waals surface area contributed by atoms with Crippen molar-refractivity contribution in [1.29, 1.82) is 0 Å². The van der Waals surface area contributed by atoms with Gasteiger partial charge in [0.15, 0.2) is 6.10 Å². The molecule has 0 aliphatic heterocycles. The number of nitrogens with one attached hydrogen (secondary N) is 1. The Morgan fingerprint density at radius 3 is 2.33 bits per heavy atom. The number of carbonyl (C=O) groups excluding carboxylic acids is 2. The van der Waals surface area contributed by atoms with Crippen molar-refractivity contribution < 1.29 is 23.1 Å². The van der Waals surface area contributed by atoms with Gasteiger partial charge in [0.25, 0.3) is 5.91 Å². The molecule has 2 aromatic carbocycles. The van der Waals surface area contributed by atoms with E-state index in [0.29, 0.717) is 0 Å². The SMILES string of the molecule is C[C@H](OC(=O)c1cc(Cl)ccc1F)C(=O)Nc1ccc(Cl)cc1F. The summed E-state index contributed by atoms with van der Waals surface area (Å²) >= 11 is 11.3. The molecule has 0 aromatic heterocycles. The van der Waals surface area contributed by atoms with Crippen LogP contribution in [0.4, 0.5) is 14.5 Å². The van der Waals surface area contributed by atoms with Gasteiger partial charge in [-0.3, -0.25) is 4.79 Å². The standard InChI is InChI=1S/C16H11Cl2F2NO3/c1-8(15(22)21-14-5-3-10(18)7-13(14)20)24-16(23)11-6-9(17)2-4-12(11)19/h2-8H,1H3,(H,21,22)/t8-/m0/s1. The summed E-state index contributed by atoms with van der Waals surface area (Å²) in [7, 11) is 0. The van der Waals surface area contributed by atoms with E-state index in [0.717, 1.165) is 18.2 Å². The summed E-state index contributed by atoms with van der Waals surface area (Å²) in [5, 5.41) is 2.56. The molecule has 0 aliphatic rings. The Balaban J connectivity index is 2.05. The third-order valence-corrected chi connectivity index (χ3v) is 3.46. The quantitative estimate of drug-likeness (QED) is 0.805. The number of carbonyl (C=O) groups is 2. The van der Waals surface area contributed by atoms with E-state index < -0.39 is 35.2 Å². The first-order valence-electron chi connectivity index (χ1n) is 6.70. The fourth-order valence-corrected chi connectivity index (χ4v) is 2.09. The van der Waals surface area contributed by atoms with E-state index in [2.05, 4.69) is 5.32 Å². The molecule has 4 nitrogen and oxygen atoms in total. The first-order chi connectivity index (χ1) is 11.3. The maximum absolute atomic E-state index is 13.6. The van der Waals surface area contributed by atoms with Crippen LogP contribution in [0.3, 0.4) is 0 Å². The van der Waals surface area contributed by atoms with Crippen molar-refractivity contribution in [3.05, 3.63) is 63.6 Å². The lowest BCUT2D eigenvalue weighted by molar-refractivity contribution is -0.123. The molecule has 0 spiro atoms. The summed E-state index contributed by atoms with van der Waals surface area (Å²) in [4.78, 5) is 23.9. The molecule has 2 rings (SSSR count). The second-order valence-electron chi connectivity index (χ2n) is 4.79. The molecular formula is C16H11Cl2F2NO3. The van der Waals surface area contributed by atoms with Gasteiger partial charge in [-0.25, -0.2) is 13.6 Å². The number of amides is 1. The van der Waals surface area contributed by atoms with Crippen LogP contribution < -0.4 is 5.32 Å². The highest BCUT2D eigenvalue weighted by Gasteiger charge is 2.22. The number of hydrogen-bond acceptors (Lipinski definition) is 3. The number of benzene rings is 2. The number of anilines is 1. The van der Waals surface area contributed by atoms with Gasteiger partial charge in [0.2, 0.25) is 0 Å². The number of hydrogen-bond donors (Lipinski definition) is 1. The highest BCUT2D eigenvalue weighted by atomic mass is 35.5. The molecule has 126 valence electrons. The molecule has 0 saturated carbocycles. The summed E-state index contributed by atoms with van der Waals surface area (Å²) in [5.74, 6) is -3.42. The van der Waals surface area contributed by atoms with Crippen molar-refractivity contribution in [2.75, 3.05) is 5.32 Å². The minimum atomic E-state index is -1.29. The lowest BCUT2D eigenvalue weighted by atomic mass is 10.2. The van der Waals surface area contributed by atoms with E-state index in [1.165, 1.54) is 25.1 Å². The molecule has 1 N–H and O–H groups in total. The normalized spacial score (nSPS) is 11.7. The summed E-state index contributed by atoms with van der Waals surface area (Å²) < 4.78 is 32.1. The van der Waals surface area contributed by atoms with Gasteiger partial charge in [-0.15, -0.1) is 0 Å². The Morgan fingerprint density at radius 2 is 1.67 bits per heavy atom. The Bertz CT molecular complexity index is 799. The predicted molar refractivity (Wildman–Crippen MR) is 86.3 cm³/mol. The van der Waals surface area contributed by atoms with Crippen molar-refractivity contribution in [1.82, 2.24) is 0 Å². The second-order valence-corrected chi connectivity index (χ2v) is 5.66. The summed E-state index contributed by atoms with van der Waals surface area (Å²) in [6.07, 6.45) is -1.29. The smallest absolute Gasteiger partial charge is 0.341 e. The molecule has 0 heterocycles. The van der Waals surface area contributed by atoms with E-state index in [4.69, 9.17) is 27.9 Å². The van der Waals surface area contributed by atoms with Gasteiger partial charge in [-0.05, 0) is 43.3 Å². The first kappa shape index (κ1) is 18.2. The number of ether oxygens (including phenoxy) is 1. The highest BCUT2D eigenvalue weighted by molar-refractivity contribution is 6.31. The lowest BCUT2D eigenvalue weighted by Gasteiger charge is -2.14. The van der Waals surface area contributed by atoms with Crippen LogP contribution in [0.1, 0.15) is 17.3 Å². The van der Waals surface area contributed by atoms with Crippen molar-refractivity contribution in [2.24, 2.45) is 0 Å². The van der Waals surface area contributed by atoms with Gasteiger partial charge < -0.3 is 10.1 Å². The van der Waals surface area contributed by atoms with E-state index in [9.17, 15) is 18.4 Å². The summed E-state index contributed by atoms with van der Waals surface area (Å²) in [6.45, 7) is 1.27. The van der Waals surface area contributed by atoms with E-state index in [-0.39, 0.29) is 15.7 Å². The van der Waals surface area contributed by atoms with Crippen LogP contribution in [-0.2, 0) is 9.53 Å². The Labute approximate surface area is 146 Å². The number of esters is 1. The minimum Gasteiger partial charge on any atom is -0.449 e. The third-order valence-electron chi connectivity index (χ3n) is 2.99. The van der Waals surface area contributed by atoms with Gasteiger partial charge in [-0.2, -0.15) is 0 Å². The number of halogens is 4. The zero-order valence-corrected chi connectivity index (χ0v) is 13.8. The highest BCUT2D eigenvalue weighted by Crippen LogP contribution is 2.20. The first-order valence-corrected chi connectivity index (χ1v) is 7.45. The lowest BCUT2D eigenvalue weighted by Crippen LogP contribution is -2.30. The predicted octanol–water partition coefficient (Wildman–Crippen LogP) is 4.46. The maximum atomic E-state index is 13.6. The summed E-state index contributed by atoms with van der Waals surface area (Å²) in [6, 6.07) is 7.04. The number of rotatable bonds is 4. The Hall–Kier alpha value is -2.18. The van der Waals surface area contributed by atoms with Gasteiger partial charge in [-0.1, -0.05) is 23.2 Å².